The van der Waals surface area contributed by atoms with E-state index in [2.05, 4.69) is 19.2 Å². The van der Waals surface area contributed by atoms with Crippen LogP contribution in [0.15, 0.2) is 0 Å². The molecular weight excluding hydrogens is 1070 g/mol. The second kappa shape index (κ2) is 47.7. The van der Waals surface area contributed by atoms with Gasteiger partial charge in [-0.15, -0.1) is 0 Å². The van der Waals surface area contributed by atoms with Gasteiger partial charge in [0.1, 0.15) is 73.2 Å². The van der Waals surface area contributed by atoms with E-state index in [1.165, 1.54) is 193 Å². The maximum absolute atomic E-state index is 13.2. The van der Waals surface area contributed by atoms with E-state index in [9.17, 15) is 61.0 Å². The van der Waals surface area contributed by atoms with Crippen LogP contribution in [0.4, 0.5) is 0 Å². The molecule has 3 fully saturated rings. The molecule has 83 heavy (non-hydrogen) atoms. The summed E-state index contributed by atoms with van der Waals surface area (Å²) in [5, 5.41) is 120. The molecule has 3 aliphatic heterocycles. The van der Waals surface area contributed by atoms with Crippen LogP contribution in [0, 0.1) is 0 Å². The number of nitrogens with one attached hydrogen (secondary N) is 1. The first-order valence-corrected chi connectivity index (χ1v) is 33.8. The van der Waals surface area contributed by atoms with Crippen molar-refractivity contribution < 1.29 is 89.4 Å². The van der Waals surface area contributed by atoms with E-state index in [1.807, 2.05) is 0 Å². The highest BCUT2D eigenvalue weighted by Gasteiger charge is 2.53. The number of rotatable bonds is 52. The number of ether oxygens (including phenoxy) is 6. The Kier molecular flexibility index (Phi) is 43.7. The maximum atomic E-state index is 13.2. The zero-order chi connectivity index (χ0) is 60.5. The minimum Gasteiger partial charge on any atom is -0.394 e. The van der Waals surface area contributed by atoms with Gasteiger partial charge in [0.2, 0.25) is 5.91 Å². The largest absolute Gasteiger partial charge is 0.394 e. The number of unbranched alkanes of at least 4 members (excludes halogenated alkanes) is 36. The summed E-state index contributed by atoms with van der Waals surface area (Å²) in [4.78, 5) is 13.2. The first kappa shape index (κ1) is 76.0. The average Bonchev–Trinajstić information content (AvgIpc) is 3.57. The lowest BCUT2D eigenvalue weighted by molar-refractivity contribution is -0.379. The summed E-state index contributed by atoms with van der Waals surface area (Å²) >= 11 is 0. The molecule has 0 aromatic rings. The van der Waals surface area contributed by atoms with Gasteiger partial charge in [0, 0.05) is 6.42 Å². The average molecular weight is 1190 g/mol. The van der Waals surface area contributed by atoms with E-state index >= 15 is 0 Å². The van der Waals surface area contributed by atoms with Gasteiger partial charge < -0.3 is 89.9 Å². The zero-order valence-corrected chi connectivity index (χ0v) is 51.7. The van der Waals surface area contributed by atoms with Crippen LogP contribution >= 0.6 is 0 Å². The summed E-state index contributed by atoms with van der Waals surface area (Å²) in [6.45, 7) is 1.68. The molecule has 3 rings (SSSR count). The third kappa shape index (κ3) is 30.7. The number of hydrogen-bond acceptors (Lipinski definition) is 18. The molecule has 0 radical (unpaired) electrons. The smallest absolute Gasteiger partial charge is 0.220 e. The van der Waals surface area contributed by atoms with Gasteiger partial charge in [0.25, 0.3) is 0 Å². The van der Waals surface area contributed by atoms with Crippen LogP contribution in [-0.2, 0) is 33.2 Å². The van der Waals surface area contributed by atoms with Crippen molar-refractivity contribution in [2.45, 2.75) is 375 Å². The van der Waals surface area contributed by atoms with Gasteiger partial charge in [-0.3, -0.25) is 4.79 Å². The SMILES string of the molecule is CCCCCCCCCCCCCCCCCCCCCCCCCCCCCCCCCCCCC(=O)NC(COC1OC(CO)C(OC2OC(CO)C(OC3OC(CO)C(O)C(O)C3O)C(O)C2O)C(O)C1O)C(O)CCCCCC. The third-order valence-electron chi connectivity index (χ3n) is 17.4. The van der Waals surface area contributed by atoms with E-state index in [1.54, 1.807) is 0 Å². The van der Waals surface area contributed by atoms with Gasteiger partial charge >= 0.3 is 0 Å². The summed E-state index contributed by atoms with van der Waals surface area (Å²) in [5.74, 6) is -0.246. The van der Waals surface area contributed by atoms with Crippen molar-refractivity contribution in [2.75, 3.05) is 26.4 Å². The van der Waals surface area contributed by atoms with Crippen molar-refractivity contribution in [3.05, 3.63) is 0 Å². The molecule has 19 heteroatoms. The molecule has 492 valence electrons. The second-order valence-corrected chi connectivity index (χ2v) is 24.7. The molecule has 0 aromatic heterocycles. The van der Waals surface area contributed by atoms with Gasteiger partial charge in [0.15, 0.2) is 18.9 Å². The Labute approximate surface area is 500 Å². The number of carbonyl (C=O) groups is 1. The number of aliphatic hydroxyl groups is 11. The highest BCUT2D eigenvalue weighted by Crippen LogP contribution is 2.33. The molecule has 0 bridgehead atoms. The van der Waals surface area contributed by atoms with Gasteiger partial charge in [0.05, 0.1) is 38.6 Å². The van der Waals surface area contributed by atoms with Crippen molar-refractivity contribution in [1.82, 2.24) is 5.32 Å². The number of amides is 1. The lowest BCUT2D eigenvalue weighted by Gasteiger charge is -2.48. The molecule has 0 spiro atoms. The highest BCUT2D eigenvalue weighted by molar-refractivity contribution is 5.76. The number of aliphatic hydroxyl groups excluding tert-OH is 11. The second-order valence-electron chi connectivity index (χ2n) is 24.7. The molecule has 17 unspecified atom stereocenters. The number of carbonyl (C=O) groups excluding carboxylic acids is 1. The summed E-state index contributed by atoms with van der Waals surface area (Å²) in [7, 11) is 0. The van der Waals surface area contributed by atoms with E-state index < -0.39 is 124 Å². The van der Waals surface area contributed by atoms with Gasteiger partial charge in [-0.2, -0.15) is 0 Å². The van der Waals surface area contributed by atoms with E-state index in [0.29, 0.717) is 12.8 Å². The van der Waals surface area contributed by atoms with Crippen LogP contribution in [0.5, 0.6) is 0 Å². The van der Waals surface area contributed by atoms with Crippen LogP contribution in [0.1, 0.15) is 271 Å². The molecule has 3 aliphatic rings. The normalized spacial score (nSPS) is 29.3. The van der Waals surface area contributed by atoms with Crippen LogP contribution in [0.2, 0.25) is 0 Å². The lowest BCUT2D eigenvalue weighted by atomic mass is 9.96. The standard InChI is InChI=1S/C64H123NO18/c1-3-5-7-9-10-11-12-13-14-15-16-17-18-19-20-21-22-23-24-25-26-27-28-29-30-31-32-33-34-35-36-37-38-40-42-52(70)65-47(48(69)41-39-8-6-4-2)46-78-62-58(76)55(73)60(50(44-67)80-62)83-64-59(77)56(74)61(51(45-68)81-64)82-63-57(75)54(72)53(71)49(43-66)79-63/h47-51,53-64,66-69,71-77H,3-46H2,1-2H3,(H,65,70). The van der Waals surface area contributed by atoms with Gasteiger partial charge in [-0.05, 0) is 12.8 Å². The van der Waals surface area contributed by atoms with Crippen molar-refractivity contribution in [2.24, 2.45) is 0 Å². The first-order chi connectivity index (χ1) is 40.3. The topological polar surface area (TPSA) is 307 Å². The Morgan fingerprint density at radius 3 is 1.05 bits per heavy atom. The van der Waals surface area contributed by atoms with Crippen LogP contribution < -0.4 is 5.32 Å². The Morgan fingerprint density at radius 1 is 0.386 bits per heavy atom. The molecule has 1 amide bonds. The van der Waals surface area contributed by atoms with E-state index in [0.717, 1.165) is 44.9 Å². The van der Waals surface area contributed by atoms with Crippen molar-refractivity contribution in [1.29, 1.82) is 0 Å². The van der Waals surface area contributed by atoms with Gasteiger partial charge in [-0.1, -0.05) is 251 Å². The monoisotopic (exact) mass is 1190 g/mol. The Hall–Kier alpha value is -1.21. The third-order valence-corrected chi connectivity index (χ3v) is 17.4. The molecular formula is C64H123NO18. The van der Waals surface area contributed by atoms with Crippen molar-refractivity contribution >= 4 is 5.91 Å². The van der Waals surface area contributed by atoms with E-state index in [4.69, 9.17) is 28.4 Å². The van der Waals surface area contributed by atoms with Gasteiger partial charge in [-0.25, -0.2) is 0 Å². The molecule has 3 heterocycles. The minimum atomic E-state index is -1.97. The Bertz CT molecular complexity index is 1520. The van der Waals surface area contributed by atoms with Crippen molar-refractivity contribution in [3.8, 4) is 0 Å². The quantitative estimate of drug-likeness (QED) is 0.0257. The molecule has 0 aliphatic carbocycles. The summed E-state index contributed by atoms with van der Waals surface area (Å²) < 4.78 is 34.1. The summed E-state index contributed by atoms with van der Waals surface area (Å²) in [6, 6.07) is -0.877. The summed E-state index contributed by atoms with van der Waals surface area (Å²) in [5.41, 5.74) is 0. The fourth-order valence-corrected chi connectivity index (χ4v) is 11.9. The molecule has 12 N–H and O–H groups in total. The summed E-state index contributed by atoms with van der Waals surface area (Å²) in [6.07, 6.45) is 23.4. The molecule has 19 nitrogen and oxygen atoms in total. The zero-order valence-electron chi connectivity index (χ0n) is 51.7. The first-order valence-electron chi connectivity index (χ1n) is 33.8. The fraction of sp³-hybridized carbons (Fsp3) is 0.984. The maximum Gasteiger partial charge on any atom is 0.220 e. The lowest BCUT2D eigenvalue weighted by Crippen LogP contribution is -2.66. The molecule has 0 aromatic carbocycles. The van der Waals surface area contributed by atoms with Crippen molar-refractivity contribution in [3.63, 3.8) is 0 Å². The number of hydrogen-bond donors (Lipinski definition) is 12. The predicted molar refractivity (Wildman–Crippen MR) is 319 cm³/mol. The Balaban J connectivity index is 1.23. The fourth-order valence-electron chi connectivity index (χ4n) is 11.9. The van der Waals surface area contributed by atoms with E-state index in [-0.39, 0.29) is 18.9 Å². The molecule has 17 atom stereocenters. The minimum absolute atomic E-state index is 0.246. The highest BCUT2D eigenvalue weighted by atomic mass is 16.8. The van der Waals surface area contributed by atoms with Crippen LogP contribution in [0.25, 0.3) is 0 Å². The van der Waals surface area contributed by atoms with Crippen LogP contribution in [-0.4, -0.2) is 193 Å². The predicted octanol–water partition coefficient (Wildman–Crippen LogP) is 7.94. The van der Waals surface area contributed by atoms with Crippen LogP contribution in [0.3, 0.4) is 0 Å². The molecule has 0 saturated carbocycles. The Morgan fingerprint density at radius 2 is 0.687 bits per heavy atom. The molecule has 3 saturated heterocycles.